The fourth-order valence-corrected chi connectivity index (χ4v) is 3.53. The lowest BCUT2D eigenvalue weighted by atomic mass is 10.1. The Morgan fingerprint density at radius 3 is 2.35 bits per heavy atom. The molecule has 2 rings (SSSR count). The summed E-state index contributed by atoms with van der Waals surface area (Å²) in [6.45, 7) is 3.20. The Labute approximate surface area is 142 Å². The van der Waals surface area contributed by atoms with Gasteiger partial charge in [0.25, 0.3) is 0 Å². The highest BCUT2D eigenvalue weighted by Crippen LogP contribution is 2.34. The summed E-state index contributed by atoms with van der Waals surface area (Å²) in [6, 6.07) is 7.79. The fourth-order valence-electron chi connectivity index (χ4n) is 1.99. The van der Waals surface area contributed by atoms with Crippen molar-refractivity contribution in [2.24, 2.45) is 0 Å². The van der Waals surface area contributed by atoms with Crippen LogP contribution in [0.3, 0.4) is 0 Å². The van der Waals surface area contributed by atoms with Crippen molar-refractivity contribution in [3.8, 4) is 11.5 Å². The van der Waals surface area contributed by atoms with Gasteiger partial charge in [0.2, 0.25) is 0 Å². The van der Waals surface area contributed by atoms with Gasteiger partial charge in [-0.1, -0.05) is 13.0 Å². The summed E-state index contributed by atoms with van der Waals surface area (Å²) in [5, 5.41) is -0.652. The summed E-state index contributed by atoms with van der Waals surface area (Å²) >= 11 is 3.28. The number of hydrogen-bond donors (Lipinski definition) is 0. The van der Waals surface area contributed by atoms with Crippen LogP contribution in [0.15, 0.2) is 40.9 Å². The second kappa shape index (κ2) is 6.97. The van der Waals surface area contributed by atoms with Gasteiger partial charge < -0.3 is 4.74 Å². The third kappa shape index (κ3) is 4.09. The Hall–Kier alpha value is -1.47. The van der Waals surface area contributed by atoms with Crippen molar-refractivity contribution in [3.05, 3.63) is 58.1 Å². The Morgan fingerprint density at radius 2 is 1.78 bits per heavy atom. The minimum atomic E-state index is -3.21. The quantitative estimate of drug-likeness (QED) is 0.702. The maximum Gasteiger partial charge on any atom is 0.168 e. The smallest absolute Gasteiger partial charge is 0.168 e. The summed E-state index contributed by atoms with van der Waals surface area (Å²) in [5.41, 5.74) is 0.602. The lowest BCUT2D eigenvalue weighted by Gasteiger charge is -2.14. The molecule has 1 atom stereocenters. The van der Waals surface area contributed by atoms with Crippen LogP contribution < -0.4 is 4.74 Å². The van der Waals surface area contributed by atoms with E-state index in [1.54, 1.807) is 32.0 Å². The first-order valence-corrected chi connectivity index (χ1v) is 9.39. The zero-order valence-corrected chi connectivity index (χ0v) is 14.9. The molecule has 7 heteroatoms. The largest absolute Gasteiger partial charge is 0.453 e. The molecule has 3 nitrogen and oxygen atoms in total. The van der Waals surface area contributed by atoms with E-state index in [1.807, 2.05) is 0 Å². The standard InChI is InChI=1S/C16H15BrF2O3S/c1-3-23(20,21)10(2)11-4-6-15(13(17)8-11)22-16-7-5-12(18)9-14(16)19/h4-10H,3H2,1-2H3. The molecule has 0 fully saturated rings. The van der Waals surface area contributed by atoms with E-state index in [1.165, 1.54) is 6.07 Å². The summed E-state index contributed by atoms with van der Waals surface area (Å²) < 4.78 is 56.3. The average molecular weight is 405 g/mol. The van der Waals surface area contributed by atoms with Crippen molar-refractivity contribution < 1.29 is 21.9 Å². The van der Waals surface area contributed by atoms with Crippen LogP contribution in [0.4, 0.5) is 8.78 Å². The molecule has 0 saturated heterocycles. The summed E-state index contributed by atoms with van der Waals surface area (Å²) in [6.07, 6.45) is 0. The van der Waals surface area contributed by atoms with Crippen LogP contribution >= 0.6 is 15.9 Å². The van der Waals surface area contributed by atoms with Gasteiger partial charge in [0, 0.05) is 11.8 Å². The van der Waals surface area contributed by atoms with Crippen LogP contribution in [0, 0.1) is 11.6 Å². The van der Waals surface area contributed by atoms with E-state index in [2.05, 4.69) is 15.9 Å². The fraction of sp³-hybridized carbons (Fsp3) is 0.250. The van der Waals surface area contributed by atoms with Crippen molar-refractivity contribution in [3.63, 3.8) is 0 Å². The molecular weight excluding hydrogens is 390 g/mol. The van der Waals surface area contributed by atoms with E-state index in [0.29, 0.717) is 15.8 Å². The summed E-state index contributed by atoms with van der Waals surface area (Å²) in [5.74, 6) is -1.27. The topological polar surface area (TPSA) is 43.4 Å². The van der Waals surface area contributed by atoms with Gasteiger partial charge in [0.05, 0.1) is 9.72 Å². The number of halogens is 3. The molecule has 0 aliphatic carbocycles. The van der Waals surface area contributed by atoms with Gasteiger partial charge in [-0.3, -0.25) is 0 Å². The van der Waals surface area contributed by atoms with Crippen LogP contribution in [0.5, 0.6) is 11.5 Å². The molecule has 0 bridgehead atoms. The zero-order valence-electron chi connectivity index (χ0n) is 12.5. The Kier molecular flexibility index (Phi) is 5.41. The summed E-state index contributed by atoms with van der Waals surface area (Å²) in [7, 11) is -3.21. The monoisotopic (exact) mass is 404 g/mol. The maximum absolute atomic E-state index is 13.6. The van der Waals surface area contributed by atoms with Gasteiger partial charge in [-0.15, -0.1) is 0 Å². The first-order valence-electron chi connectivity index (χ1n) is 6.88. The van der Waals surface area contributed by atoms with Gasteiger partial charge in [0.1, 0.15) is 11.6 Å². The zero-order chi connectivity index (χ0) is 17.2. The van der Waals surface area contributed by atoms with E-state index in [4.69, 9.17) is 4.74 Å². The highest BCUT2D eigenvalue weighted by atomic mass is 79.9. The highest BCUT2D eigenvalue weighted by molar-refractivity contribution is 9.10. The van der Waals surface area contributed by atoms with Crippen molar-refractivity contribution in [1.29, 1.82) is 0 Å². The van der Waals surface area contributed by atoms with Crippen LogP contribution in [0.1, 0.15) is 24.7 Å². The maximum atomic E-state index is 13.6. The van der Waals surface area contributed by atoms with Gasteiger partial charge in [-0.2, -0.15) is 0 Å². The number of sulfone groups is 1. The van der Waals surface area contributed by atoms with E-state index < -0.39 is 26.7 Å². The van der Waals surface area contributed by atoms with E-state index >= 15 is 0 Å². The molecule has 2 aromatic carbocycles. The molecule has 0 aliphatic heterocycles. The molecular formula is C16H15BrF2O3S. The van der Waals surface area contributed by atoms with Gasteiger partial charge in [0.15, 0.2) is 21.4 Å². The Morgan fingerprint density at radius 1 is 1.13 bits per heavy atom. The third-order valence-electron chi connectivity index (χ3n) is 3.48. The van der Waals surface area contributed by atoms with Crippen LogP contribution in [-0.4, -0.2) is 14.2 Å². The minimum absolute atomic E-state index is 0.0465. The van der Waals surface area contributed by atoms with Gasteiger partial charge in [-0.05, 0) is 52.7 Å². The van der Waals surface area contributed by atoms with Crippen molar-refractivity contribution >= 4 is 25.8 Å². The number of benzene rings is 2. The van der Waals surface area contributed by atoms with Gasteiger partial charge >= 0.3 is 0 Å². The number of ether oxygens (including phenoxy) is 1. The molecule has 0 spiro atoms. The molecule has 0 heterocycles. The molecule has 0 aliphatic rings. The van der Waals surface area contributed by atoms with E-state index in [-0.39, 0.29) is 11.5 Å². The molecule has 2 aromatic rings. The van der Waals surface area contributed by atoms with Crippen LogP contribution in [0.25, 0.3) is 0 Å². The average Bonchev–Trinajstić information content (AvgIpc) is 2.50. The first kappa shape index (κ1) is 17.9. The lowest BCUT2D eigenvalue weighted by Crippen LogP contribution is -2.12. The van der Waals surface area contributed by atoms with Gasteiger partial charge in [-0.25, -0.2) is 17.2 Å². The molecule has 0 aromatic heterocycles. The predicted octanol–water partition coefficient (Wildman–Crippen LogP) is 5.02. The number of hydrogen-bond acceptors (Lipinski definition) is 3. The molecule has 0 N–H and O–H groups in total. The third-order valence-corrected chi connectivity index (χ3v) is 6.25. The highest BCUT2D eigenvalue weighted by Gasteiger charge is 2.21. The minimum Gasteiger partial charge on any atom is -0.453 e. The van der Waals surface area contributed by atoms with Crippen molar-refractivity contribution in [1.82, 2.24) is 0 Å². The van der Waals surface area contributed by atoms with E-state index in [0.717, 1.165) is 12.1 Å². The molecule has 23 heavy (non-hydrogen) atoms. The second-order valence-corrected chi connectivity index (χ2v) is 8.42. The number of rotatable bonds is 5. The molecule has 124 valence electrons. The summed E-state index contributed by atoms with van der Waals surface area (Å²) in [4.78, 5) is 0. The normalized spacial score (nSPS) is 12.9. The second-order valence-electron chi connectivity index (χ2n) is 4.96. The first-order chi connectivity index (χ1) is 10.7. The van der Waals surface area contributed by atoms with E-state index in [9.17, 15) is 17.2 Å². The predicted molar refractivity (Wildman–Crippen MR) is 88.4 cm³/mol. The van der Waals surface area contributed by atoms with Crippen LogP contribution in [-0.2, 0) is 9.84 Å². The Balaban J connectivity index is 2.30. The molecule has 0 radical (unpaired) electrons. The molecule has 0 amide bonds. The van der Waals surface area contributed by atoms with Crippen molar-refractivity contribution in [2.75, 3.05) is 5.75 Å². The van der Waals surface area contributed by atoms with Crippen molar-refractivity contribution in [2.45, 2.75) is 19.1 Å². The molecule has 0 saturated carbocycles. The molecule has 1 unspecified atom stereocenters. The Bertz CT molecular complexity index is 822. The van der Waals surface area contributed by atoms with Crippen LogP contribution in [0.2, 0.25) is 0 Å². The SMILES string of the molecule is CCS(=O)(=O)C(C)c1ccc(Oc2ccc(F)cc2F)c(Br)c1. The lowest BCUT2D eigenvalue weighted by molar-refractivity contribution is 0.435.